The number of anilines is 2. The molecule has 142 valence electrons. The molecule has 1 amide bonds. The number of para-hydroxylation sites is 1. The van der Waals surface area contributed by atoms with Gasteiger partial charge in [0.05, 0.1) is 5.69 Å². The highest BCUT2D eigenvalue weighted by atomic mass is 16.1. The summed E-state index contributed by atoms with van der Waals surface area (Å²) in [6.07, 6.45) is 1.64. The number of rotatable bonds is 4. The minimum atomic E-state index is 0.0379. The van der Waals surface area contributed by atoms with E-state index in [4.69, 9.17) is 0 Å². The first-order valence-electron chi connectivity index (χ1n) is 9.71. The highest BCUT2D eigenvalue weighted by molar-refractivity contribution is 5.92. The molecular formula is C23H24N4O. The fraction of sp³-hybridized carbons (Fsp3) is 0.261. The Hall–Kier alpha value is -3.21. The van der Waals surface area contributed by atoms with Gasteiger partial charge in [0, 0.05) is 30.3 Å². The number of aromatic nitrogens is 2. The quantitative estimate of drug-likeness (QED) is 0.741. The predicted octanol–water partition coefficient (Wildman–Crippen LogP) is 4.31. The molecule has 0 atom stereocenters. The van der Waals surface area contributed by atoms with Gasteiger partial charge in [-0.25, -0.2) is 0 Å². The van der Waals surface area contributed by atoms with Crippen molar-refractivity contribution in [2.24, 2.45) is 5.92 Å². The Labute approximate surface area is 165 Å². The zero-order valence-corrected chi connectivity index (χ0v) is 16.0. The standard InChI is InChI=1S/C23H24N4O/c1-17-6-5-7-19(16-17)21-10-11-22(26-25-21)27-14-12-18(13-15-27)23(28)24-20-8-3-2-4-9-20/h2-11,16,18H,12-15H2,1H3,(H,24,28). The number of piperidine rings is 1. The van der Waals surface area contributed by atoms with Gasteiger partial charge in [0.1, 0.15) is 0 Å². The van der Waals surface area contributed by atoms with E-state index in [1.54, 1.807) is 0 Å². The predicted molar refractivity (Wildman–Crippen MR) is 112 cm³/mol. The number of carbonyl (C=O) groups excluding carboxylic acids is 1. The van der Waals surface area contributed by atoms with Gasteiger partial charge in [0.25, 0.3) is 0 Å². The van der Waals surface area contributed by atoms with Crippen LogP contribution in [-0.2, 0) is 4.79 Å². The van der Waals surface area contributed by atoms with Gasteiger partial charge in [0.2, 0.25) is 5.91 Å². The Kier molecular flexibility index (Phi) is 5.33. The van der Waals surface area contributed by atoms with Crippen molar-refractivity contribution >= 4 is 17.4 Å². The molecule has 1 saturated heterocycles. The summed E-state index contributed by atoms with van der Waals surface area (Å²) in [5.41, 5.74) is 4.02. The molecule has 5 nitrogen and oxygen atoms in total. The lowest BCUT2D eigenvalue weighted by atomic mass is 9.96. The first-order valence-corrected chi connectivity index (χ1v) is 9.71. The Bertz CT molecular complexity index is 932. The molecule has 4 rings (SSSR count). The van der Waals surface area contributed by atoms with Crippen LogP contribution in [-0.4, -0.2) is 29.2 Å². The molecule has 1 fully saturated rings. The number of amides is 1. The van der Waals surface area contributed by atoms with Crippen molar-refractivity contribution in [3.05, 3.63) is 72.3 Å². The van der Waals surface area contributed by atoms with Crippen LogP contribution in [0.15, 0.2) is 66.7 Å². The van der Waals surface area contributed by atoms with Gasteiger partial charge in [0.15, 0.2) is 5.82 Å². The van der Waals surface area contributed by atoms with Crippen LogP contribution in [0.4, 0.5) is 11.5 Å². The number of hydrogen-bond acceptors (Lipinski definition) is 4. The van der Waals surface area contributed by atoms with Gasteiger partial charge in [-0.3, -0.25) is 4.79 Å². The molecule has 1 aliphatic heterocycles. The average Bonchev–Trinajstić information content (AvgIpc) is 2.75. The van der Waals surface area contributed by atoms with Gasteiger partial charge in [-0.05, 0) is 50.1 Å². The summed E-state index contributed by atoms with van der Waals surface area (Å²) in [6.45, 7) is 3.69. The second kappa shape index (κ2) is 8.21. The third-order valence-corrected chi connectivity index (χ3v) is 5.20. The minimum absolute atomic E-state index is 0.0379. The number of carbonyl (C=O) groups is 1. The molecule has 0 aliphatic carbocycles. The normalized spacial score (nSPS) is 14.7. The Balaban J connectivity index is 1.35. The molecule has 2 heterocycles. The summed E-state index contributed by atoms with van der Waals surface area (Å²) < 4.78 is 0. The number of aryl methyl sites for hydroxylation is 1. The van der Waals surface area contributed by atoms with Crippen molar-refractivity contribution in [3.8, 4) is 11.3 Å². The smallest absolute Gasteiger partial charge is 0.227 e. The SMILES string of the molecule is Cc1cccc(-c2ccc(N3CCC(C(=O)Nc4ccccc4)CC3)nn2)c1. The fourth-order valence-corrected chi connectivity index (χ4v) is 3.59. The van der Waals surface area contributed by atoms with Gasteiger partial charge in [-0.15, -0.1) is 10.2 Å². The summed E-state index contributed by atoms with van der Waals surface area (Å²) in [5, 5.41) is 11.8. The maximum Gasteiger partial charge on any atom is 0.227 e. The molecule has 2 aromatic carbocycles. The Morgan fingerprint density at radius 1 is 0.964 bits per heavy atom. The summed E-state index contributed by atoms with van der Waals surface area (Å²) in [5.74, 6) is 1.01. The lowest BCUT2D eigenvalue weighted by Crippen LogP contribution is -2.38. The van der Waals surface area contributed by atoms with Crippen LogP contribution in [0.1, 0.15) is 18.4 Å². The summed E-state index contributed by atoms with van der Waals surface area (Å²) >= 11 is 0. The molecule has 28 heavy (non-hydrogen) atoms. The van der Waals surface area contributed by atoms with Crippen molar-refractivity contribution in [2.45, 2.75) is 19.8 Å². The van der Waals surface area contributed by atoms with E-state index in [1.165, 1.54) is 5.56 Å². The first kappa shape index (κ1) is 18.2. The van der Waals surface area contributed by atoms with Gasteiger partial charge < -0.3 is 10.2 Å². The van der Waals surface area contributed by atoms with Crippen LogP contribution >= 0.6 is 0 Å². The molecule has 1 aliphatic rings. The zero-order chi connectivity index (χ0) is 19.3. The van der Waals surface area contributed by atoms with E-state index in [0.29, 0.717) is 0 Å². The van der Waals surface area contributed by atoms with Crippen LogP contribution in [0.2, 0.25) is 0 Å². The molecule has 0 radical (unpaired) electrons. The molecule has 1 N–H and O–H groups in total. The van der Waals surface area contributed by atoms with Crippen molar-refractivity contribution in [2.75, 3.05) is 23.3 Å². The van der Waals surface area contributed by atoms with Crippen LogP contribution in [0.5, 0.6) is 0 Å². The molecule has 0 saturated carbocycles. The van der Waals surface area contributed by atoms with Gasteiger partial charge in [-0.1, -0.05) is 42.0 Å². The van der Waals surface area contributed by atoms with E-state index < -0.39 is 0 Å². The molecule has 1 aromatic heterocycles. The fourth-order valence-electron chi connectivity index (χ4n) is 3.59. The molecule has 0 unspecified atom stereocenters. The van der Waals surface area contributed by atoms with E-state index in [1.807, 2.05) is 54.6 Å². The maximum absolute atomic E-state index is 12.5. The molecule has 0 bridgehead atoms. The molecule has 3 aromatic rings. The van der Waals surface area contributed by atoms with Crippen molar-refractivity contribution in [1.29, 1.82) is 0 Å². The summed E-state index contributed by atoms with van der Waals surface area (Å²) in [7, 11) is 0. The lowest BCUT2D eigenvalue weighted by molar-refractivity contribution is -0.120. The van der Waals surface area contributed by atoms with Crippen LogP contribution in [0, 0.1) is 12.8 Å². The highest BCUT2D eigenvalue weighted by Gasteiger charge is 2.25. The van der Waals surface area contributed by atoms with E-state index in [9.17, 15) is 4.79 Å². The van der Waals surface area contributed by atoms with Crippen LogP contribution < -0.4 is 10.2 Å². The lowest BCUT2D eigenvalue weighted by Gasteiger charge is -2.31. The number of nitrogens with zero attached hydrogens (tertiary/aromatic N) is 3. The van der Waals surface area contributed by atoms with E-state index in [-0.39, 0.29) is 11.8 Å². The second-order valence-electron chi connectivity index (χ2n) is 7.26. The van der Waals surface area contributed by atoms with Gasteiger partial charge in [-0.2, -0.15) is 0 Å². The third kappa shape index (κ3) is 4.19. The van der Waals surface area contributed by atoms with Crippen molar-refractivity contribution in [1.82, 2.24) is 10.2 Å². The Morgan fingerprint density at radius 2 is 1.75 bits per heavy atom. The monoisotopic (exact) mass is 372 g/mol. The number of benzene rings is 2. The summed E-state index contributed by atoms with van der Waals surface area (Å²) in [4.78, 5) is 14.7. The number of hydrogen-bond donors (Lipinski definition) is 1. The number of nitrogens with one attached hydrogen (secondary N) is 1. The third-order valence-electron chi connectivity index (χ3n) is 5.20. The average molecular weight is 372 g/mol. The van der Waals surface area contributed by atoms with E-state index in [0.717, 1.165) is 48.7 Å². The molecule has 5 heteroatoms. The summed E-state index contributed by atoms with van der Waals surface area (Å²) in [6, 6.07) is 21.9. The second-order valence-corrected chi connectivity index (χ2v) is 7.26. The van der Waals surface area contributed by atoms with Crippen LogP contribution in [0.3, 0.4) is 0 Å². The first-order chi connectivity index (χ1) is 13.7. The largest absolute Gasteiger partial charge is 0.355 e. The van der Waals surface area contributed by atoms with Gasteiger partial charge >= 0.3 is 0 Å². The zero-order valence-electron chi connectivity index (χ0n) is 16.0. The van der Waals surface area contributed by atoms with Crippen LogP contribution in [0.25, 0.3) is 11.3 Å². The minimum Gasteiger partial charge on any atom is -0.355 e. The molecule has 0 spiro atoms. The van der Waals surface area contributed by atoms with E-state index in [2.05, 4.69) is 39.5 Å². The molecular weight excluding hydrogens is 348 g/mol. The van der Waals surface area contributed by atoms with Crippen molar-refractivity contribution < 1.29 is 4.79 Å². The Morgan fingerprint density at radius 3 is 2.43 bits per heavy atom. The highest BCUT2D eigenvalue weighted by Crippen LogP contribution is 2.24. The van der Waals surface area contributed by atoms with E-state index >= 15 is 0 Å². The van der Waals surface area contributed by atoms with Crippen molar-refractivity contribution in [3.63, 3.8) is 0 Å². The topological polar surface area (TPSA) is 58.1 Å². The maximum atomic E-state index is 12.5.